The molecule has 0 radical (unpaired) electrons. The molecule has 0 aliphatic heterocycles. The molecule has 46 valence electrons. The Labute approximate surface area is 53.8 Å². The summed E-state index contributed by atoms with van der Waals surface area (Å²) >= 11 is 1.69. The van der Waals surface area contributed by atoms with Crippen LogP contribution in [-0.2, 0) is 4.79 Å². The monoisotopic (exact) mass is 130 g/mol. The molecule has 1 nitrogen and oxygen atoms in total. The summed E-state index contributed by atoms with van der Waals surface area (Å²) in [6.45, 7) is 0. The zero-order valence-corrected chi connectivity index (χ0v) is 5.83. The molecule has 0 aromatic rings. The molecular weight excluding hydrogens is 120 g/mol. The average molecular weight is 130 g/mol. The number of aldehydes is 1. The topological polar surface area (TPSA) is 17.1 Å². The van der Waals surface area contributed by atoms with Crippen LogP contribution in [0, 0.1) is 0 Å². The van der Waals surface area contributed by atoms with Crippen LogP contribution in [0.25, 0.3) is 0 Å². The average Bonchev–Trinajstić information content (AvgIpc) is 1.67. The summed E-state index contributed by atoms with van der Waals surface area (Å²) in [6.07, 6.45) is 6.53. The van der Waals surface area contributed by atoms with E-state index >= 15 is 0 Å². The highest BCUT2D eigenvalue weighted by Crippen LogP contribution is 2.40. The molecule has 0 atom stereocenters. The summed E-state index contributed by atoms with van der Waals surface area (Å²) in [5, 5.41) is 0. The largest absolute Gasteiger partial charge is 0.302 e. The van der Waals surface area contributed by atoms with Crippen LogP contribution in [0.1, 0.15) is 19.3 Å². The molecule has 0 heterocycles. The molecular formula is C6H10OS. The lowest BCUT2D eigenvalue weighted by atomic mass is 9.86. The highest BCUT2D eigenvalue weighted by Gasteiger charge is 2.35. The molecule has 0 aromatic carbocycles. The van der Waals surface area contributed by atoms with Crippen LogP contribution in [-0.4, -0.2) is 17.3 Å². The highest BCUT2D eigenvalue weighted by atomic mass is 32.2. The lowest BCUT2D eigenvalue weighted by Gasteiger charge is -2.34. The van der Waals surface area contributed by atoms with E-state index in [0.29, 0.717) is 0 Å². The van der Waals surface area contributed by atoms with Gasteiger partial charge < -0.3 is 4.79 Å². The van der Waals surface area contributed by atoms with E-state index in [1.54, 1.807) is 11.8 Å². The minimum absolute atomic E-state index is 0.0417. The molecule has 0 aromatic heterocycles. The molecule has 0 saturated heterocycles. The van der Waals surface area contributed by atoms with Gasteiger partial charge in [0, 0.05) is 0 Å². The molecule has 1 rings (SSSR count). The lowest BCUT2D eigenvalue weighted by molar-refractivity contribution is -0.111. The number of thioether (sulfide) groups is 1. The van der Waals surface area contributed by atoms with E-state index in [4.69, 9.17) is 0 Å². The van der Waals surface area contributed by atoms with Crippen LogP contribution in [0.15, 0.2) is 0 Å². The highest BCUT2D eigenvalue weighted by molar-refractivity contribution is 8.00. The van der Waals surface area contributed by atoms with E-state index in [2.05, 4.69) is 0 Å². The van der Waals surface area contributed by atoms with Gasteiger partial charge in [-0.2, -0.15) is 11.8 Å². The number of hydrogen-bond acceptors (Lipinski definition) is 2. The van der Waals surface area contributed by atoms with Gasteiger partial charge in [0.1, 0.15) is 6.29 Å². The standard InChI is InChI=1S/C6H10OS/c1-8-6(5-7)3-2-4-6/h5H,2-4H2,1H3. The molecule has 0 bridgehead atoms. The van der Waals surface area contributed by atoms with E-state index in [1.165, 1.54) is 6.42 Å². The summed E-state index contributed by atoms with van der Waals surface area (Å²) in [5.41, 5.74) is 0. The van der Waals surface area contributed by atoms with Crippen molar-refractivity contribution in [3.8, 4) is 0 Å². The first-order chi connectivity index (χ1) is 3.83. The van der Waals surface area contributed by atoms with Gasteiger partial charge >= 0.3 is 0 Å². The Kier molecular flexibility index (Phi) is 1.61. The Morgan fingerprint density at radius 1 is 1.62 bits per heavy atom. The number of hydrogen-bond donors (Lipinski definition) is 0. The van der Waals surface area contributed by atoms with Crippen LogP contribution in [0.2, 0.25) is 0 Å². The second kappa shape index (κ2) is 2.09. The number of carbonyl (C=O) groups excluding carboxylic acids is 1. The summed E-state index contributed by atoms with van der Waals surface area (Å²) in [6, 6.07) is 0. The summed E-state index contributed by atoms with van der Waals surface area (Å²) in [7, 11) is 0. The van der Waals surface area contributed by atoms with E-state index in [-0.39, 0.29) is 4.75 Å². The zero-order valence-electron chi connectivity index (χ0n) is 5.02. The van der Waals surface area contributed by atoms with E-state index < -0.39 is 0 Å². The fourth-order valence-electron chi connectivity index (χ4n) is 0.895. The molecule has 1 aliphatic rings. The van der Waals surface area contributed by atoms with Crippen LogP contribution in [0.5, 0.6) is 0 Å². The maximum atomic E-state index is 10.3. The minimum Gasteiger partial charge on any atom is -0.302 e. The van der Waals surface area contributed by atoms with Crippen molar-refractivity contribution in [3.05, 3.63) is 0 Å². The van der Waals surface area contributed by atoms with Crippen molar-refractivity contribution in [2.75, 3.05) is 6.26 Å². The van der Waals surface area contributed by atoms with Gasteiger partial charge in [0.25, 0.3) is 0 Å². The van der Waals surface area contributed by atoms with Gasteiger partial charge in [-0.1, -0.05) is 0 Å². The van der Waals surface area contributed by atoms with Gasteiger partial charge in [-0.3, -0.25) is 0 Å². The molecule has 1 fully saturated rings. The first-order valence-corrected chi connectivity index (χ1v) is 4.07. The molecule has 0 unspecified atom stereocenters. The van der Waals surface area contributed by atoms with Gasteiger partial charge in [-0.15, -0.1) is 0 Å². The summed E-state index contributed by atoms with van der Waals surface area (Å²) in [5.74, 6) is 0. The van der Waals surface area contributed by atoms with Crippen molar-refractivity contribution >= 4 is 18.0 Å². The SMILES string of the molecule is CSC1(C=O)CCC1. The smallest absolute Gasteiger partial charge is 0.136 e. The molecule has 8 heavy (non-hydrogen) atoms. The van der Waals surface area contributed by atoms with E-state index in [0.717, 1.165) is 19.1 Å². The minimum atomic E-state index is 0.0417. The van der Waals surface area contributed by atoms with Crippen molar-refractivity contribution in [3.63, 3.8) is 0 Å². The fraction of sp³-hybridized carbons (Fsp3) is 0.833. The second-order valence-corrected chi connectivity index (χ2v) is 3.46. The molecule has 2 heteroatoms. The maximum absolute atomic E-state index is 10.3. The van der Waals surface area contributed by atoms with E-state index in [9.17, 15) is 4.79 Å². The van der Waals surface area contributed by atoms with Crippen LogP contribution >= 0.6 is 11.8 Å². The first-order valence-electron chi connectivity index (χ1n) is 2.84. The molecule has 0 N–H and O–H groups in total. The zero-order chi connectivity index (χ0) is 6.04. The van der Waals surface area contributed by atoms with Crippen molar-refractivity contribution in [1.29, 1.82) is 0 Å². The quantitative estimate of drug-likeness (QED) is 0.526. The normalized spacial score (nSPS) is 24.1. The predicted octanol–water partition coefficient (Wildman–Crippen LogP) is 1.47. The lowest BCUT2D eigenvalue weighted by Crippen LogP contribution is -2.34. The third kappa shape index (κ3) is 0.772. The van der Waals surface area contributed by atoms with E-state index in [1.807, 2.05) is 6.26 Å². The van der Waals surface area contributed by atoms with Gasteiger partial charge in [0.15, 0.2) is 0 Å². The Bertz CT molecular complexity index is 91.2. The Hall–Kier alpha value is 0.0200. The van der Waals surface area contributed by atoms with Gasteiger partial charge in [-0.25, -0.2) is 0 Å². The Morgan fingerprint density at radius 3 is 2.25 bits per heavy atom. The number of rotatable bonds is 2. The Morgan fingerprint density at radius 2 is 2.25 bits per heavy atom. The third-order valence-corrected chi connectivity index (χ3v) is 3.14. The predicted molar refractivity (Wildman–Crippen MR) is 36.2 cm³/mol. The van der Waals surface area contributed by atoms with Crippen molar-refractivity contribution in [1.82, 2.24) is 0 Å². The van der Waals surface area contributed by atoms with Crippen molar-refractivity contribution in [2.45, 2.75) is 24.0 Å². The second-order valence-electron chi connectivity index (χ2n) is 2.24. The maximum Gasteiger partial charge on any atom is 0.136 e. The third-order valence-electron chi connectivity index (χ3n) is 1.82. The van der Waals surface area contributed by atoms with Gasteiger partial charge in [-0.05, 0) is 25.5 Å². The van der Waals surface area contributed by atoms with Gasteiger partial charge in [0.05, 0.1) is 4.75 Å². The summed E-state index contributed by atoms with van der Waals surface area (Å²) in [4.78, 5) is 10.3. The molecule has 1 saturated carbocycles. The molecule has 1 aliphatic carbocycles. The molecule has 0 spiro atoms. The van der Waals surface area contributed by atoms with Crippen LogP contribution < -0.4 is 0 Å². The fourth-order valence-corrected chi connectivity index (χ4v) is 1.69. The summed E-state index contributed by atoms with van der Waals surface area (Å²) < 4.78 is 0.0417. The van der Waals surface area contributed by atoms with Crippen molar-refractivity contribution in [2.24, 2.45) is 0 Å². The van der Waals surface area contributed by atoms with Crippen LogP contribution in [0.4, 0.5) is 0 Å². The first kappa shape index (κ1) is 6.14. The molecule has 0 amide bonds. The van der Waals surface area contributed by atoms with Crippen molar-refractivity contribution < 1.29 is 4.79 Å². The Balaban J connectivity index is 2.45. The van der Waals surface area contributed by atoms with Crippen LogP contribution in [0.3, 0.4) is 0 Å². The number of carbonyl (C=O) groups is 1. The van der Waals surface area contributed by atoms with Gasteiger partial charge in [0.2, 0.25) is 0 Å².